The topological polar surface area (TPSA) is 55.1 Å². The molecule has 1 aromatic carbocycles. The van der Waals surface area contributed by atoms with Crippen molar-refractivity contribution in [2.24, 2.45) is 11.7 Å². The molecule has 0 bridgehead atoms. The minimum Gasteiger partial charge on any atom is -0.326 e. The van der Waals surface area contributed by atoms with Gasteiger partial charge in [-0.1, -0.05) is 6.07 Å². The highest BCUT2D eigenvalue weighted by Crippen LogP contribution is 2.30. The van der Waals surface area contributed by atoms with E-state index in [1.54, 1.807) is 12.1 Å². The highest BCUT2D eigenvalue weighted by molar-refractivity contribution is 5.94. The molecule has 1 saturated carbocycles. The number of carbonyl (C=O) groups excluding carboxylic acids is 1. The number of halogens is 1. The third kappa shape index (κ3) is 2.33. The van der Waals surface area contributed by atoms with Gasteiger partial charge in [-0.15, -0.1) is 0 Å². The van der Waals surface area contributed by atoms with Crippen LogP contribution in [-0.2, 0) is 11.3 Å². The minimum absolute atomic E-state index is 0.0820. The lowest BCUT2D eigenvalue weighted by molar-refractivity contribution is -0.117. The predicted octanol–water partition coefficient (Wildman–Crippen LogP) is 1.63. The van der Waals surface area contributed by atoms with Crippen molar-refractivity contribution in [3.05, 3.63) is 29.6 Å². The molecule has 1 aliphatic carbocycles. The molecule has 0 spiro atoms. The maximum atomic E-state index is 13.4. The third-order valence-electron chi connectivity index (χ3n) is 2.48. The Bertz CT molecular complexity index is 388. The van der Waals surface area contributed by atoms with E-state index in [9.17, 15) is 9.18 Å². The van der Waals surface area contributed by atoms with E-state index < -0.39 is 5.82 Å². The first-order valence-electron chi connectivity index (χ1n) is 5.00. The number of carbonyl (C=O) groups is 1. The maximum Gasteiger partial charge on any atom is 0.227 e. The van der Waals surface area contributed by atoms with Gasteiger partial charge in [0.1, 0.15) is 5.82 Å². The molecule has 3 nitrogen and oxygen atoms in total. The lowest BCUT2D eigenvalue weighted by atomic mass is 10.2. The molecule has 0 heterocycles. The summed E-state index contributed by atoms with van der Waals surface area (Å²) < 4.78 is 13.4. The molecule has 15 heavy (non-hydrogen) atoms. The Morgan fingerprint density at radius 1 is 1.53 bits per heavy atom. The van der Waals surface area contributed by atoms with E-state index in [0.717, 1.165) is 18.4 Å². The fourth-order valence-electron chi connectivity index (χ4n) is 1.37. The van der Waals surface area contributed by atoms with E-state index in [-0.39, 0.29) is 17.5 Å². The number of nitrogens with one attached hydrogen (secondary N) is 1. The first-order chi connectivity index (χ1) is 7.20. The molecule has 0 radical (unpaired) electrons. The van der Waals surface area contributed by atoms with Gasteiger partial charge in [0.2, 0.25) is 5.91 Å². The molecule has 3 N–H and O–H groups in total. The molecular formula is C11H13FN2O. The van der Waals surface area contributed by atoms with Crippen molar-refractivity contribution in [1.82, 2.24) is 0 Å². The summed E-state index contributed by atoms with van der Waals surface area (Å²) in [6.45, 7) is 0.299. The van der Waals surface area contributed by atoms with E-state index in [1.807, 2.05) is 0 Å². The number of anilines is 1. The smallest absolute Gasteiger partial charge is 0.227 e. The van der Waals surface area contributed by atoms with Crippen LogP contribution in [0.4, 0.5) is 10.1 Å². The number of amides is 1. The van der Waals surface area contributed by atoms with Gasteiger partial charge in [-0.25, -0.2) is 4.39 Å². The van der Waals surface area contributed by atoms with Crippen molar-refractivity contribution < 1.29 is 9.18 Å². The first-order valence-corrected chi connectivity index (χ1v) is 5.00. The van der Waals surface area contributed by atoms with Gasteiger partial charge in [0.15, 0.2) is 0 Å². The normalized spacial score (nSPS) is 15.1. The Kier molecular flexibility index (Phi) is 2.68. The zero-order chi connectivity index (χ0) is 10.8. The van der Waals surface area contributed by atoms with E-state index >= 15 is 0 Å². The maximum absolute atomic E-state index is 13.4. The van der Waals surface area contributed by atoms with Gasteiger partial charge in [-0.2, -0.15) is 0 Å². The zero-order valence-electron chi connectivity index (χ0n) is 8.29. The Hall–Kier alpha value is -1.42. The van der Waals surface area contributed by atoms with Crippen LogP contribution in [-0.4, -0.2) is 5.91 Å². The van der Waals surface area contributed by atoms with Gasteiger partial charge in [0.05, 0.1) is 5.69 Å². The molecule has 80 valence electrons. The fourth-order valence-corrected chi connectivity index (χ4v) is 1.37. The standard InChI is InChI=1S/C11H13FN2O/c12-9-5-7(6-13)1-4-10(9)14-11(15)8-2-3-8/h1,4-5,8H,2-3,6,13H2,(H,14,15). The Morgan fingerprint density at radius 2 is 2.27 bits per heavy atom. The van der Waals surface area contributed by atoms with Crippen molar-refractivity contribution in [3.8, 4) is 0 Å². The SMILES string of the molecule is NCc1ccc(NC(=O)C2CC2)c(F)c1. The van der Waals surface area contributed by atoms with Gasteiger partial charge >= 0.3 is 0 Å². The molecule has 1 aromatic rings. The second-order valence-electron chi connectivity index (χ2n) is 3.78. The third-order valence-corrected chi connectivity index (χ3v) is 2.48. The second kappa shape index (κ2) is 3.98. The molecule has 0 aromatic heterocycles. The lowest BCUT2D eigenvalue weighted by Gasteiger charge is -2.06. The fraction of sp³-hybridized carbons (Fsp3) is 0.364. The molecular weight excluding hydrogens is 195 g/mol. The number of hydrogen-bond acceptors (Lipinski definition) is 2. The van der Waals surface area contributed by atoms with Crippen LogP contribution in [0.25, 0.3) is 0 Å². The lowest BCUT2D eigenvalue weighted by Crippen LogP contribution is -2.14. The average Bonchev–Trinajstić information content (AvgIpc) is 3.04. The van der Waals surface area contributed by atoms with Crippen LogP contribution in [0.3, 0.4) is 0 Å². The van der Waals surface area contributed by atoms with Crippen LogP contribution < -0.4 is 11.1 Å². The summed E-state index contributed by atoms with van der Waals surface area (Å²) in [6.07, 6.45) is 1.82. The summed E-state index contributed by atoms with van der Waals surface area (Å²) in [7, 11) is 0. The summed E-state index contributed by atoms with van der Waals surface area (Å²) in [6, 6.07) is 4.62. The highest BCUT2D eigenvalue weighted by Gasteiger charge is 2.29. The molecule has 1 fully saturated rings. The van der Waals surface area contributed by atoms with Gasteiger partial charge < -0.3 is 11.1 Å². The quantitative estimate of drug-likeness (QED) is 0.793. The average molecular weight is 208 g/mol. The number of hydrogen-bond donors (Lipinski definition) is 2. The van der Waals surface area contributed by atoms with E-state index in [4.69, 9.17) is 5.73 Å². The minimum atomic E-state index is -0.424. The molecule has 1 amide bonds. The summed E-state index contributed by atoms with van der Waals surface area (Å²) in [5.41, 5.74) is 6.33. The second-order valence-corrected chi connectivity index (χ2v) is 3.78. The van der Waals surface area contributed by atoms with Crippen LogP contribution >= 0.6 is 0 Å². The van der Waals surface area contributed by atoms with Crippen LogP contribution in [0.2, 0.25) is 0 Å². The van der Waals surface area contributed by atoms with Gasteiger partial charge in [0, 0.05) is 12.5 Å². The molecule has 0 saturated heterocycles. The van der Waals surface area contributed by atoms with Gasteiger partial charge in [-0.05, 0) is 30.5 Å². The zero-order valence-corrected chi connectivity index (χ0v) is 8.29. The van der Waals surface area contributed by atoms with Crippen molar-refractivity contribution in [3.63, 3.8) is 0 Å². The predicted molar refractivity (Wildman–Crippen MR) is 55.6 cm³/mol. The molecule has 2 rings (SSSR count). The summed E-state index contributed by atoms with van der Waals surface area (Å²) in [5, 5.41) is 2.57. The molecule has 0 atom stereocenters. The highest BCUT2D eigenvalue weighted by atomic mass is 19.1. The van der Waals surface area contributed by atoms with Crippen molar-refractivity contribution >= 4 is 11.6 Å². The van der Waals surface area contributed by atoms with Gasteiger partial charge in [0.25, 0.3) is 0 Å². The van der Waals surface area contributed by atoms with Crippen molar-refractivity contribution in [2.45, 2.75) is 19.4 Å². The van der Waals surface area contributed by atoms with Crippen LogP contribution in [0.1, 0.15) is 18.4 Å². The molecule has 1 aliphatic rings. The van der Waals surface area contributed by atoms with E-state index in [1.165, 1.54) is 6.07 Å². The summed E-state index contributed by atoms with van der Waals surface area (Å²) >= 11 is 0. The van der Waals surface area contributed by atoms with E-state index in [2.05, 4.69) is 5.32 Å². The Morgan fingerprint density at radius 3 is 2.80 bits per heavy atom. The van der Waals surface area contributed by atoms with Crippen LogP contribution in [0.15, 0.2) is 18.2 Å². The summed E-state index contributed by atoms with van der Waals surface area (Å²) in [5.74, 6) is -0.431. The monoisotopic (exact) mass is 208 g/mol. The molecule has 0 aliphatic heterocycles. The van der Waals surface area contributed by atoms with Crippen molar-refractivity contribution in [2.75, 3.05) is 5.32 Å². The Labute approximate surface area is 87.5 Å². The van der Waals surface area contributed by atoms with Gasteiger partial charge in [-0.3, -0.25) is 4.79 Å². The molecule has 4 heteroatoms. The van der Waals surface area contributed by atoms with Crippen LogP contribution in [0.5, 0.6) is 0 Å². The first kappa shape index (κ1) is 10.1. The van der Waals surface area contributed by atoms with Crippen LogP contribution in [0, 0.1) is 11.7 Å². The van der Waals surface area contributed by atoms with E-state index in [0.29, 0.717) is 6.54 Å². The Balaban J connectivity index is 2.10. The number of nitrogens with two attached hydrogens (primary N) is 1. The summed E-state index contributed by atoms with van der Waals surface area (Å²) in [4.78, 5) is 11.4. The largest absolute Gasteiger partial charge is 0.326 e. The number of benzene rings is 1. The number of rotatable bonds is 3. The molecule has 0 unspecified atom stereocenters. The van der Waals surface area contributed by atoms with Crippen molar-refractivity contribution in [1.29, 1.82) is 0 Å².